The number of nitrogens with zero attached hydrogens (tertiary/aromatic N) is 1. The van der Waals surface area contributed by atoms with Crippen LogP contribution in [0, 0.1) is 11.3 Å². The molecule has 37 heavy (non-hydrogen) atoms. The number of benzene rings is 4. The van der Waals surface area contributed by atoms with Crippen LogP contribution < -0.4 is 9.47 Å². The molecule has 0 amide bonds. The van der Waals surface area contributed by atoms with Crippen LogP contribution in [0.3, 0.4) is 0 Å². The lowest BCUT2D eigenvalue weighted by Crippen LogP contribution is -1.98. The molecule has 4 aromatic carbocycles. The highest BCUT2D eigenvalue weighted by Gasteiger charge is 2.17. The molecule has 0 saturated carbocycles. The Morgan fingerprint density at radius 2 is 0.973 bits per heavy atom. The Bertz CT molecular complexity index is 1390. The monoisotopic (exact) mass is 485 g/mol. The summed E-state index contributed by atoms with van der Waals surface area (Å²) in [5.41, 5.74) is 9.52. The van der Waals surface area contributed by atoms with Crippen molar-refractivity contribution in [2.75, 3.05) is 14.2 Å². The molecular weight excluding hydrogens is 454 g/mol. The van der Waals surface area contributed by atoms with Gasteiger partial charge in [0, 0.05) is 5.57 Å². The normalized spacial score (nSPS) is 11.2. The average Bonchev–Trinajstić information content (AvgIpc) is 2.97. The summed E-state index contributed by atoms with van der Waals surface area (Å²) in [4.78, 5) is 0. The van der Waals surface area contributed by atoms with Gasteiger partial charge >= 0.3 is 0 Å². The quantitative estimate of drug-likeness (QED) is 0.186. The van der Waals surface area contributed by atoms with Crippen molar-refractivity contribution >= 4 is 16.7 Å². The highest BCUT2D eigenvalue weighted by molar-refractivity contribution is 6.04. The lowest BCUT2D eigenvalue weighted by molar-refractivity contribution is 0.414. The molecule has 4 rings (SSSR count). The van der Waals surface area contributed by atoms with Gasteiger partial charge in [-0.2, -0.15) is 5.26 Å². The molecule has 3 nitrogen and oxygen atoms in total. The first kappa shape index (κ1) is 25.5. The van der Waals surface area contributed by atoms with Gasteiger partial charge in [-0.25, -0.2) is 0 Å². The molecule has 0 saturated heterocycles. The van der Waals surface area contributed by atoms with E-state index in [2.05, 4.69) is 78.9 Å². The van der Waals surface area contributed by atoms with Crippen molar-refractivity contribution in [1.29, 1.82) is 5.26 Å². The van der Waals surface area contributed by atoms with E-state index in [4.69, 9.17) is 9.47 Å². The first-order chi connectivity index (χ1) is 18.1. The van der Waals surface area contributed by atoms with Crippen LogP contribution in [-0.2, 0) is 0 Å². The molecule has 0 radical (unpaired) electrons. The standard InChI is InChI=1S/C34H31NO2/c1-5-25(23-35)24(2)26-11-13-28(14-12-26)33(27-9-7-6-8-10-27)34(29-15-19-31(36-3)20-16-29)30-17-21-32(37-4)22-18-30/h6-22H,5H2,1-4H3/b25-24-. The molecular formula is C34H31NO2. The molecule has 0 aliphatic rings. The molecule has 0 aliphatic carbocycles. The number of hydrogen-bond acceptors (Lipinski definition) is 3. The number of ether oxygens (including phenoxy) is 2. The van der Waals surface area contributed by atoms with Crippen LogP contribution in [0.2, 0.25) is 0 Å². The van der Waals surface area contributed by atoms with E-state index in [1.54, 1.807) is 14.2 Å². The van der Waals surface area contributed by atoms with Gasteiger partial charge in [0.15, 0.2) is 0 Å². The largest absolute Gasteiger partial charge is 0.497 e. The number of hydrogen-bond donors (Lipinski definition) is 0. The maximum Gasteiger partial charge on any atom is 0.118 e. The number of methoxy groups -OCH3 is 2. The van der Waals surface area contributed by atoms with Gasteiger partial charge in [0.05, 0.1) is 20.3 Å². The zero-order chi connectivity index (χ0) is 26.2. The summed E-state index contributed by atoms with van der Waals surface area (Å²) in [5.74, 6) is 1.63. The van der Waals surface area contributed by atoms with E-state index in [-0.39, 0.29) is 0 Å². The first-order valence-corrected chi connectivity index (χ1v) is 12.4. The molecule has 0 bridgehead atoms. The Hall–Kier alpha value is -4.55. The molecule has 0 aromatic heterocycles. The fourth-order valence-electron chi connectivity index (χ4n) is 4.52. The second kappa shape index (κ2) is 11.9. The number of nitriles is 1. The predicted molar refractivity (Wildman–Crippen MR) is 152 cm³/mol. The maximum absolute atomic E-state index is 9.52. The summed E-state index contributed by atoms with van der Waals surface area (Å²) in [6.07, 6.45) is 0.721. The molecule has 0 unspecified atom stereocenters. The summed E-state index contributed by atoms with van der Waals surface area (Å²) in [7, 11) is 3.36. The van der Waals surface area contributed by atoms with Gasteiger partial charge in [0.1, 0.15) is 11.5 Å². The molecule has 4 aromatic rings. The molecule has 0 spiro atoms. The summed E-state index contributed by atoms with van der Waals surface area (Å²) in [5, 5.41) is 9.52. The van der Waals surface area contributed by atoms with Gasteiger partial charge in [-0.1, -0.05) is 85.8 Å². The second-order valence-electron chi connectivity index (χ2n) is 8.72. The van der Waals surface area contributed by atoms with Crippen molar-refractivity contribution in [1.82, 2.24) is 0 Å². The van der Waals surface area contributed by atoms with E-state index >= 15 is 0 Å². The Morgan fingerprint density at radius 1 is 0.595 bits per heavy atom. The SMILES string of the molecule is CC/C(C#N)=C(\C)c1ccc(C(=C(c2ccc(OC)cc2)c2ccc(OC)cc2)c2ccccc2)cc1. The van der Waals surface area contributed by atoms with Crippen molar-refractivity contribution in [2.45, 2.75) is 20.3 Å². The smallest absolute Gasteiger partial charge is 0.118 e. The van der Waals surface area contributed by atoms with E-state index in [0.29, 0.717) is 0 Å². The van der Waals surface area contributed by atoms with Crippen molar-refractivity contribution in [2.24, 2.45) is 0 Å². The minimum atomic E-state index is 0.721. The highest BCUT2D eigenvalue weighted by atomic mass is 16.5. The van der Waals surface area contributed by atoms with E-state index in [1.165, 1.54) is 0 Å². The van der Waals surface area contributed by atoms with E-state index < -0.39 is 0 Å². The molecule has 3 heteroatoms. The van der Waals surface area contributed by atoms with Gasteiger partial charge in [-0.3, -0.25) is 0 Å². The minimum Gasteiger partial charge on any atom is -0.497 e. The Kier molecular flexibility index (Phi) is 8.23. The van der Waals surface area contributed by atoms with Crippen LogP contribution in [-0.4, -0.2) is 14.2 Å². The highest BCUT2D eigenvalue weighted by Crippen LogP contribution is 2.38. The van der Waals surface area contributed by atoms with Gasteiger partial charge in [0.25, 0.3) is 0 Å². The van der Waals surface area contributed by atoms with Gasteiger partial charge < -0.3 is 9.47 Å². The van der Waals surface area contributed by atoms with Crippen LogP contribution in [0.4, 0.5) is 0 Å². The summed E-state index contributed by atoms with van der Waals surface area (Å²) in [6, 6.07) is 37.7. The fraction of sp³-hybridized carbons (Fsp3) is 0.147. The molecule has 0 atom stereocenters. The lowest BCUT2D eigenvalue weighted by Gasteiger charge is -2.19. The van der Waals surface area contributed by atoms with Crippen molar-refractivity contribution in [3.05, 3.63) is 137 Å². The van der Waals surface area contributed by atoms with E-state index in [1.807, 2.05) is 44.2 Å². The second-order valence-corrected chi connectivity index (χ2v) is 8.72. The van der Waals surface area contributed by atoms with Gasteiger partial charge in [-0.05, 0) is 82.1 Å². The third kappa shape index (κ3) is 5.66. The van der Waals surface area contributed by atoms with Gasteiger partial charge in [0.2, 0.25) is 0 Å². The molecule has 0 aliphatic heterocycles. The van der Waals surface area contributed by atoms with Crippen molar-refractivity contribution < 1.29 is 9.47 Å². The first-order valence-electron chi connectivity index (χ1n) is 12.4. The van der Waals surface area contributed by atoms with Crippen molar-refractivity contribution in [3.8, 4) is 17.6 Å². The summed E-state index contributed by atoms with van der Waals surface area (Å²) < 4.78 is 10.9. The number of rotatable bonds is 8. The zero-order valence-electron chi connectivity index (χ0n) is 21.8. The Morgan fingerprint density at radius 3 is 1.35 bits per heavy atom. The molecule has 0 heterocycles. The van der Waals surface area contributed by atoms with Crippen LogP contribution in [0.15, 0.2) is 109 Å². The van der Waals surface area contributed by atoms with Crippen LogP contribution in [0.25, 0.3) is 16.7 Å². The third-order valence-electron chi connectivity index (χ3n) is 6.62. The third-order valence-corrected chi connectivity index (χ3v) is 6.62. The average molecular weight is 486 g/mol. The van der Waals surface area contributed by atoms with Crippen LogP contribution >= 0.6 is 0 Å². The maximum atomic E-state index is 9.52. The fourth-order valence-corrected chi connectivity index (χ4v) is 4.52. The van der Waals surface area contributed by atoms with Crippen molar-refractivity contribution in [3.63, 3.8) is 0 Å². The summed E-state index contributed by atoms with van der Waals surface area (Å²) >= 11 is 0. The number of allylic oxidation sites excluding steroid dienone is 2. The van der Waals surface area contributed by atoms with Crippen LogP contribution in [0.1, 0.15) is 48.1 Å². The summed E-state index contributed by atoms with van der Waals surface area (Å²) in [6.45, 7) is 4.04. The topological polar surface area (TPSA) is 42.2 Å². The molecule has 0 N–H and O–H groups in total. The Labute approximate surface area is 219 Å². The van der Waals surface area contributed by atoms with Crippen LogP contribution in [0.5, 0.6) is 11.5 Å². The predicted octanol–water partition coefficient (Wildman–Crippen LogP) is 8.42. The van der Waals surface area contributed by atoms with E-state index in [0.717, 1.165) is 68.0 Å². The molecule has 184 valence electrons. The van der Waals surface area contributed by atoms with Gasteiger partial charge in [-0.15, -0.1) is 0 Å². The minimum absolute atomic E-state index is 0.721. The lowest BCUT2D eigenvalue weighted by atomic mass is 9.85. The zero-order valence-corrected chi connectivity index (χ0v) is 21.8. The Balaban J connectivity index is 2.00. The molecule has 0 fully saturated rings. The van der Waals surface area contributed by atoms with E-state index in [9.17, 15) is 5.26 Å².